The highest BCUT2D eigenvalue weighted by Crippen LogP contribution is 2.27. The van der Waals surface area contributed by atoms with Crippen molar-refractivity contribution in [3.05, 3.63) is 46.2 Å². The van der Waals surface area contributed by atoms with Crippen molar-refractivity contribution in [2.45, 2.75) is 19.9 Å². The molecular formula is C14H15FN2O2S. The Kier molecular flexibility index (Phi) is 4.34. The molecule has 1 atom stereocenters. The van der Waals surface area contributed by atoms with Crippen LogP contribution in [0.15, 0.2) is 24.3 Å². The molecule has 0 amide bonds. The van der Waals surface area contributed by atoms with E-state index in [1.807, 2.05) is 6.92 Å². The van der Waals surface area contributed by atoms with Crippen LogP contribution in [-0.2, 0) is 4.74 Å². The van der Waals surface area contributed by atoms with E-state index >= 15 is 0 Å². The average molecular weight is 294 g/mol. The minimum Gasteiger partial charge on any atom is -0.465 e. The van der Waals surface area contributed by atoms with Crippen LogP contribution in [0.25, 0.3) is 0 Å². The van der Waals surface area contributed by atoms with Crippen molar-refractivity contribution in [2.75, 3.05) is 12.4 Å². The fourth-order valence-corrected chi connectivity index (χ4v) is 2.73. The van der Waals surface area contributed by atoms with Crippen molar-refractivity contribution < 1.29 is 13.9 Å². The third-order valence-electron chi connectivity index (χ3n) is 2.88. The first-order valence-corrected chi connectivity index (χ1v) is 6.90. The summed E-state index contributed by atoms with van der Waals surface area (Å²) >= 11 is 1.25. The molecular weight excluding hydrogens is 279 g/mol. The van der Waals surface area contributed by atoms with Gasteiger partial charge in [0.25, 0.3) is 0 Å². The fourth-order valence-electron chi connectivity index (χ4n) is 1.76. The second kappa shape index (κ2) is 6.00. The Morgan fingerprint density at radius 1 is 1.40 bits per heavy atom. The number of halogens is 1. The molecule has 0 saturated carbocycles. The second-order valence-electron chi connectivity index (χ2n) is 4.34. The topological polar surface area (TPSA) is 51.2 Å². The number of ether oxygens (including phenoxy) is 1. The Morgan fingerprint density at radius 3 is 2.65 bits per heavy atom. The molecule has 0 aliphatic heterocycles. The summed E-state index contributed by atoms with van der Waals surface area (Å²) in [5, 5.41) is 3.83. The van der Waals surface area contributed by atoms with Gasteiger partial charge in [-0.2, -0.15) is 0 Å². The summed E-state index contributed by atoms with van der Waals surface area (Å²) < 4.78 is 17.6. The predicted octanol–water partition coefficient (Wildman–Crippen LogP) is 3.55. The minimum absolute atomic E-state index is 0.0355. The van der Waals surface area contributed by atoms with Crippen LogP contribution in [0.1, 0.15) is 33.9 Å². The van der Waals surface area contributed by atoms with E-state index in [2.05, 4.69) is 10.3 Å². The molecule has 1 N–H and O–H groups in total. The molecule has 0 bridgehead atoms. The number of anilines is 1. The lowest BCUT2D eigenvalue weighted by Gasteiger charge is -2.12. The lowest BCUT2D eigenvalue weighted by molar-refractivity contribution is 0.0605. The van der Waals surface area contributed by atoms with Gasteiger partial charge in [-0.3, -0.25) is 0 Å². The van der Waals surface area contributed by atoms with Crippen molar-refractivity contribution in [1.82, 2.24) is 4.98 Å². The van der Waals surface area contributed by atoms with Crippen molar-refractivity contribution in [2.24, 2.45) is 0 Å². The standard InChI is InChI=1S/C14H15FN2O2S/c1-8(10-4-6-11(15)7-5-10)16-14-17-9(2)12(20-14)13(18)19-3/h4-8H,1-3H3,(H,16,17). The molecule has 0 radical (unpaired) electrons. The van der Waals surface area contributed by atoms with Crippen LogP contribution in [0.4, 0.5) is 9.52 Å². The number of hydrogen-bond donors (Lipinski definition) is 1. The van der Waals surface area contributed by atoms with E-state index in [1.54, 1.807) is 19.1 Å². The maximum Gasteiger partial charge on any atom is 0.350 e. The normalized spacial score (nSPS) is 12.0. The summed E-state index contributed by atoms with van der Waals surface area (Å²) in [6.45, 7) is 3.71. The highest BCUT2D eigenvalue weighted by molar-refractivity contribution is 7.17. The zero-order valence-electron chi connectivity index (χ0n) is 11.4. The van der Waals surface area contributed by atoms with E-state index in [9.17, 15) is 9.18 Å². The van der Waals surface area contributed by atoms with Crippen LogP contribution >= 0.6 is 11.3 Å². The number of nitrogens with one attached hydrogen (secondary N) is 1. The molecule has 106 valence electrons. The van der Waals surface area contributed by atoms with E-state index < -0.39 is 0 Å². The van der Waals surface area contributed by atoms with E-state index in [-0.39, 0.29) is 17.8 Å². The van der Waals surface area contributed by atoms with Crippen LogP contribution in [0, 0.1) is 12.7 Å². The van der Waals surface area contributed by atoms with Gasteiger partial charge in [0.2, 0.25) is 0 Å². The molecule has 4 nitrogen and oxygen atoms in total. The molecule has 0 aliphatic rings. The summed E-state index contributed by atoms with van der Waals surface area (Å²) in [4.78, 5) is 16.3. The van der Waals surface area contributed by atoms with Crippen molar-refractivity contribution >= 4 is 22.4 Å². The lowest BCUT2D eigenvalue weighted by atomic mass is 10.1. The van der Waals surface area contributed by atoms with Crippen molar-refractivity contribution in [3.63, 3.8) is 0 Å². The molecule has 2 aromatic rings. The van der Waals surface area contributed by atoms with Gasteiger partial charge in [0.15, 0.2) is 5.13 Å². The van der Waals surface area contributed by atoms with Gasteiger partial charge in [-0.15, -0.1) is 0 Å². The third-order valence-corrected chi connectivity index (χ3v) is 3.95. The molecule has 0 aliphatic carbocycles. The number of aromatic nitrogens is 1. The van der Waals surface area contributed by atoms with Gasteiger partial charge in [0, 0.05) is 0 Å². The largest absolute Gasteiger partial charge is 0.465 e. The van der Waals surface area contributed by atoms with E-state index in [0.29, 0.717) is 15.7 Å². The summed E-state index contributed by atoms with van der Waals surface area (Å²) in [5.41, 5.74) is 1.58. The number of aryl methyl sites for hydroxylation is 1. The Labute approximate surface area is 120 Å². The number of carbonyl (C=O) groups is 1. The van der Waals surface area contributed by atoms with Gasteiger partial charge >= 0.3 is 5.97 Å². The van der Waals surface area contributed by atoms with Gasteiger partial charge in [-0.1, -0.05) is 23.5 Å². The molecule has 0 spiro atoms. The number of carbonyl (C=O) groups excluding carboxylic acids is 1. The molecule has 1 aromatic heterocycles. The minimum atomic E-state index is -0.387. The number of thiazole rings is 1. The molecule has 1 heterocycles. The Morgan fingerprint density at radius 2 is 2.05 bits per heavy atom. The molecule has 20 heavy (non-hydrogen) atoms. The van der Waals surface area contributed by atoms with Crippen LogP contribution < -0.4 is 5.32 Å². The molecule has 1 aromatic carbocycles. The summed E-state index contributed by atoms with van der Waals surface area (Å²) in [7, 11) is 1.34. The molecule has 0 fully saturated rings. The molecule has 0 saturated heterocycles. The van der Waals surface area contributed by atoms with Crippen LogP contribution in [0.3, 0.4) is 0 Å². The first kappa shape index (κ1) is 14.5. The highest BCUT2D eigenvalue weighted by Gasteiger charge is 2.17. The Bertz CT molecular complexity index is 610. The second-order valence-corrected chi connectivity index (χ2v) is 5.34. The Hall–Kier alpha value is -1.95. The number of benzene rings is 1. The SMILES string of the molecule is COC(=O)c1sc(NC(C)c2ccc(F)cc2)nc1C. The lowest BCUT2D eigenvalue weighted by Crippen LogP contribution is -2.06. The van der Waals surface area contributed by atoms with E-state index in [0.717, 1.165) is 5.56 Å². The summed E-state index contributed by atoms with van der Waals surface area (Å²) in [6.07, 6.45) is 0. The van der Waals surface area contributed by atoms with Gasteiger partial charge < -0.3 is 10.1 Å². The Balaban J connectivity index is 2.13. The van der Waals surface area contributed by atoms with Gasteiger partial charge in [0.05, 0.1) is 18.8 Å². The molecule has 6 heteroatoms. The monoisotopic (exact) mass is 294 g/mol. The maximum absolute atomic E-state index is 12.9. The van der Waals surface area contributed by atoms with Gasteiger partial charge in [-0.25, -0.2) is 14.2 Å². The molecule has 1 unspecified atom stereocenters. The first-order chi connectivity index (χ1) is 9.51. The van der Waals surface area contributed by atoms with E-state index in [1.165, 1.54) is 30.6 Å². The molecule has 2 rings (SSSR count). The third kappa shape index (κ3) is 3.14. The summed E-state index contributed by atoms with van der Waals surface area (Å²) in [6, 6.07) is 6.23. The number of esters is 1. The van der Waals surface area contributed by atoms with E-state index in [4.69, 9.17) is 4.74 Å². The van der Waals surface area contributed by atoms with Crippen molar-refractivity contribution in [1.29, 1.82) is 0 Å². The van der Waals surface area contributed by atoms with Gasteiger partial charge in [-0.05, 0) is 31.5 Å². The predicted molar refractivity (Wildman–Crippen MR) is 76.6 cm³/mol. The number of rotatable bonds is 4. The number of hydrogen-bond acceptors (Lipinski definition) is 5. The zero-order valence-corrected chi connectivity index (χ0v) is 12.3. The number of methoxy groups -OCH3 is 1. The average Bonchev–Trinajstić information content (AvgIpc) is 2.79. The van der Waals surface area contributed by atoms with Crippen molar-refractivity contribution in [3.8, 4) is 0 Å². The highest BCUT2D eigenvalue weighted by atomic mass is 32.1. The number of nitrogens with zero attached hydrogens (tertiary/aromatic N) is 1. The summed E-state index contributed by atoms with van der Waals surface area (Å²) in [5.74, 6) is -0.651. The van der Waals surface area contributed by atoms with Crippen LogP contribution in [-0.4, -0.2) is 18.1 Å². The maximum atomic E-state index is 12.9. The quantitative estimate of drug-likeness (QED) is 0.876. The zero-order chi connectivity index (χ0) is 14.7. The van der Waals surface area contributed by atoms with Gasteiger partial charge in [0.1, 0.15) is 10.7 Å². The van der Waals surface area contributed by atoms with Crippen LogP contribution in [0.5, 0.6) is 0 Å². The van der Waals surface area contributed by atoms with Crippen LogP contribution in [0.2, 0.25) is 0 Å². The first-order valence-electron chi connectivity index (χ1n) is 6.09. The fraction of sp³-hybridized carbons (Fsp3) is 0.286. The smallest absolute Gasteiger partial charge is 0.350 e.